The van der Waals surface area contributed by atoms with Crippen LogP contribution in [-0.4, -0.2) is 25.3 Å². The fourth-order valence-electron chi connectivity index (χ4n) is 1.60. The van der Waals surface area contributed by atoms with Gasteiger partial charge < -0.3 is 5.32 Å². The van der Waals surface area contributed by atoms with Crippen molar-refractivity contribution in [1.29, 1.82) is 0 Å². The van der Waals surface area contributed by atoms with E-state index in [0.717, 1.165) is 12.2 Å². The van der Waals surface area contributed by atoms with Gasteiger partial charge in [-0.05, 0) is 32.4 Å². The van der Waals surface area contributed by atoms with E-state index in [0.29, 0.717) is 6.54 Å². The van der Waals surface area contributed by atoms with Crippen LogP contribution in [-0.2, 0) is 13.1 Å². The Labute approximate surface area is 107 Å². The molecule has 0 aliphatic rings. The molecule has 2 heterocycles. The van der Waals surface area contributed by atoms with Gasteiger partial charge in [-0.2, -0.15) is 5.10 Å². The molecule has 0 bridgehead atoms. The van der Waals surface area contributed by atoms with Crippen molar-refractivity contribution < 1.29 is 0 Å². The summed E-state index contributed by atoms with van der Waals surface area (Å²) in [5.41, 5.74) is 2.32. The first-order valence-corrected chi connectivity index (χ1v) is 6.05. The molecule has 0 radical (unpaired) electrons. The van der Waals surface area contributed by atoms with Gasteiger partial charge in [-0.25, -0.2) is 9.67 Å². The molecular formula is C13H19N5. The molecule has 96 valence electrons. The van der Waals surface area contributed by atoms with E-state index in [1.165, 1.54) is 11.9 Å². The Morgan fingerprint density at radius 2 is 2.17 bits per heavy atom. The highest BCUT2D eigenvalue weighted by atomic mass is 15.3. The molecule has 1 N–H and O–H groups in total. The van der Waals surface area contributed by atoms with Crippen LogP contribution in [0.15, 0.2) is 31.0 Å². The molecule has 0 aromatic carbocycles. The van der Waals surface area contributed by atoms with Crippen LogP contribution in [0, 0.1) is 0 Å². The number of hydrogen-bond acceptors (Lipinski definition) is 4. The van der Waals surface area contributed by atoms with E-state index in [9.17, 15) is 0 Å². The molecule has 0 aliphatic heterocycles. The molecule has 0 unspecified atom stereocenters. The van der Waals surface area contributed by atoms with Gasteiger partial charge in [0.25, 0.3) is 0 Å². The van der Waals surface area contributed by atoms with Gasteiger partial charge >= 0.3 is 0 Å². The minimum Gasteiger partial charge on any atom is -0.308 e. The summed E-state index contributed by atoms with van der Waals surface area (Å²) in [7, 11) is 0. The summed E-state index contributed by atoms with van der Waals surface area (Å²) >= 11 is 0. The van der Waals surface area contributed by atoms with Gasteiger partial charge in [0.15, 0.2) is 0 Å². The maximum Gasteiger partial charge on any atom is 0.137 e. The Morgan fingerprint density at radius 1 is 1.33 bits per heavy atom. The fraction of sp³-hybridized carbons (Fsp3) is 0.462. The molecule has 5 nitrogen and oxygen atoms in total. The zero-order valence-corrected chi connectivity index (χ0v) is 11.1. The topological polar surface area (TPSA) is 55.6 Å². The molecule has 0 atom stereocenters. The average molecular weight is 245 g/mol. The fourth-order valence-corrected chi connectivity index (χ4v) is 1.60. The maximum absolute atomic E-state index is 4.43. The molecule has 0 amide bonds. The Hall–Kier alpha value is -1.75. The molecule has 0 aliphatic carbocycles. The van der Waals surface area contributed by atoms with Crippen LogP contribution in [0.4, 0.5) is 0 Å². The molecule has 0 fully saturated rings. The number of rotatable bonds is 4. The van der Waals surface area contributed by atoms with Crippen molar-refractivity contribution in [2.45, 2.75) is 39.4 Å². The SMILES string of the molecule is CC(C)(C)NCc1cccnc1Cn1cncn1. The number of nitrogens with zero attached hydrogens (tertiary/aromatic N) is 4. The van der Waals surface area contributed by atoms with E-state index in [4.69, 9.17) is 0 Å². The van der Waals surface area contributed by atoms with Gasteiger partial charge in [0, 0.05) is 18.3 Å². The van der Waals surface area contributed by atoms with Crippen LogP contribution in [0.3, 0.4) is 0 Å². The lowest BCUT2D eigenvalue weighted by Crippen LogP contribution is -2.35. The zero-order valence-electron chi connectivity index (χ0n) is 11.1. The summed E-state index contributed by atoms with van der Waals surface area (Å²) in [6, 6.07) is 4.06. The molecule has 0 saturated carbocycles. The molecule has 0 spiro atoms. The van der Waals surface area contributed by atoms with E-state index < -0.39 is 0 Å². The van der Waals surface area contributed by atoms with E-state index in [1.807, 2.05) is 12.3 Å². The maximum atomic E-state index is 4.43. The van der Waals surface area contributed by atoms with Gasteiger partial charge in [0.05, 0.1) is 12.2 Å². The van der Waals surface area contributed by atoms with Gasteiger partial charge in [-0.15, -0.1) is 0 Å². The van der Waals surface area contributed by atoms with Crippen LogP contribution < -0.4 is 5.32 Å². The standard InChI is InChI=1S/C13H19N5/c1-13(2,3)16-7-11-5-4-6-15-12(11)8-18-10-14-9-17-18/h4-6,9-10,16H,7-8H2,1-3H3. The van der Waals surface area contributed by atoms with Gasteiger partial charge in [-0.1, -0.05) is 6.07 Å². The second-order valence-electron chi connectivity index (χ2n) is 5.31. The van der Waals surface area contributed by atoms with Crippen LogP contribution in [0.5, 0.6) is 0 Å². The van der Waals surface area contributed by atoms with Crippen LogP contribution in [0.1, 0.15) is 32.0 Å². The summed E-state index contributed by atoms with van der Waals surface area (Å²) in [6.45, 7) is 7.92. The van der Waals surface area contributed by atoms with Gasteiger partial charge in [-0.3, -0.25) is 4.98 Å². The van der Waals surface area contributed by atoms with E-state index in [2.05, 4.69) is 47.2 Å². The Morgan fingerprint density at radius 3 is 2.83 bits per heavy atom. The summed E-state index contributed by atoms with van der Waals surface area (Å²) in [5, 5.41) is 7.58. The molecular weight excluding hydrogens is 226 g/mol. The Kier molecular flexibility index (Phi) is 3.72. The quantitative estimate of drug-likeness (QED) is 0.889. The molecule has 5 heteroatoms. The molecule has 2 rings (SSSR count). The number of hydrogen-bond donors (Lipinski definition) is 1. The Balaban J connectivity index is 2.10. The summed E-state index contributed by atoms with van der Waals surface area (Å²) < 4.78 is 1.78. The molecule has 18 heavy (non-hydrogen) atoms. The van der Waals surface area contributed by atoms with Crippen molar-refractivity contribution in [3.8, 4) is 0 Å². The third-order valence-electron chi connectivity index (χ3n) is 2.57. The Bertz CT molecular complexity index is 484. The average Bonchev–Trinajstić information content (AvgIpc) is 2.80. The van der Waals surface area contributed by atoms with Gasteiger partial charge in [0.1, 0.15) is 12.7 Å². The highest BCUT2D eigenvalue weighted by Gasteiger charge is 2.11. The lowest BCUT2D eigenvalue weighted by atomic mass is 10.1. The first-order valence-electron chi connectivity index (χ1n) is 6.05. The highest BCUT2D eigenvalue weighted by Crippen LogP contribution is 2.09. The summed E-state index contributed by atoms with van der Waals surface area (Å²) in [4.78, 5) is 8.37. The first-order chi connectivity index (χ1) is 8.54. The molecule has 2 aromatic heterocycles. The summed E-state index contributed by atoms with van der Waals surface area (Å²) in [6.07, 6.45) is 5.05. The third kappa shape index (κ3) is 3.63. The van der Waals surface area contributed by atoms with E-state index in [-0.39, 0.29) is 5.54 Å². The van der Waals surface area contributed by atoms with Crippen molar-refractivity contribution in [1.82, 2.24) is 25.1 Å². The van der Waals surface area contributed by atoms with Crippen LogP contribution in [0.25, 0.3) is 0 Å². The number of pyridine rings is 1. The second kappa shape index (κ2) is 5.27. The number of aromatic nitrogens is 4. The lowest BCUT2D eigenvalue weighted by Gasteiger charge is -2.21. The van der Waals surface area contributed by atoms with Crippen LogP contribution in [0.2, 0.25) is 0 Å². The summed E-state index contributed by atoms with van der Waals surface area (Å²) in [5.74, 6) is 0. The molecule has 0 saturated heterocycles. The van der Waals surface area contributed by atoms with E-state index >= 15 is 0 Å². The minimum atomic E-state index is 0.0976. The van der Waals surface area contributed by atoms with Crippen molar-refractivity contribution in [2.24, 2.45) is 0 Å². The van der Waals surface area contributed by atoms with Crippen molar-refractivity contribution in [3.05, 3.63) is 42.2 Å². The smallest absolute Gasteiger partial charge is 0.137 e. The normalized spacial score (nSPS) is 11.7. The predicted octanol–water partition coefficient (Wildman–Crippen LogP) is 1.61. The van der Waals surface area contributed by atoms with Gasteiger partial charge in [0.2, 0.25) is 0 Å². The monoisotopic (exact) mass is 245 g/mol. The third-order valence-corrected chi connectivity index (χ3v) is 2.57. The lowest BCUT2D eigenvalue weighted by molar-refractivity contribution is 0.422. The minimum absolute atomic E-state index is 0.0976. The van der Waals surface area contributed by atoms with E-state index in [1.54, 1.807) is 11.0 Å². The number of nitrogens with one attached hydrogen (secondary N) is 1. The molecule has 2 aromatic rings. The van der Waals surface area contributed by atoms with Crippen molar-refractivity contribution in [2.75, 3.05) is 0 Å². The van der Waals surface area contributed by atoms with Crippen molar-refractivity contribution >= 4 is 0 Å². The van der Waals surface area contributed by atoms with Crippen molar-refractivity contribution in [3.63, 3.8) is 0 Å². The largest absolute Gasteiger partial charge is 0.308 e. The predicted molar refractivity (Wildman–Crippen MR) is 70.0 cm³/mol. The zero-order chi connectivity index (χ0) is 13.0. The first kappa shape index (κ1) is 12.7. The highest BCUT2D eigenvalue weighted by molar-refractivity contribution is 5.20. The van der Waals surface area contributed by atoms with Crippen LogP contribution >= 0.6 is 0 Å². The second-order valence-corrected chi connectivity index (χ2v) is 5.31.